The molecular weight excluding hydrogens is 470 g/mol. The van der Waals surface area contributed by atoms with Crippen molar-refractivity contribution in [3.63, 3.8) is 0 Å². The maximum Gasteiger partial charge on any atom is 0.404 e. The molecule has 190 valence electrons. The number of nitrogens with one attached hydrogen (secondary N) is 2. The van der Waals surface area contributed by atoms with E-state index < -0.39 is 18.3 Å². The molecule has 1 saturated carbocycles. The third-order valence-corrected chi connectivity index (χ3v) is 6.53. The Morgan fingerprint density at radius 3 is 2.54 bits per heavy atom. The minimum Gasteiger partial charge on any atom is -0.465 e. The summed E-state index contributed by atoms with van der Waals surface area (Å²) in [5, 5.41) is 42.8. The molecule has 0 bridgehead atoms. The summed E-state index contributed by atoms with van der Waals surface area (Å²) in [5.74, 6) is 1.57. The molecule has 4 rings (SSSR count). The summed E-state index contributed by atoms with van der Waals surface area (Å²) in [7, 11) is 0. The lowest BCUT2D eigenvalue weighted by Gasteiger charge is -2.16. The van der Waals surface area contributed by atoms with Crippen molar-refractivity contribution in [1.29, 1.82) is 0 Å². The van der Waals surface area contributed by atoms with Crippen LogP contribution in [0.4, 0.5) is 10.6 Å². The van der Waals surface area contributed by atoms with E-state index in [-0.39, 0.29) is 6.04 Å². The maximum absolute atomic E-state index is 10.3. The first kappa shape index (κ1) is 26.6. The van der Waals surface area contributed by atoms with Gasteiger partial charge in [-0.25, -0.2) is 19.4 Å². The largest absolute Gasteiger partial charge is 0.465 e. The molecule has 0 spiro atoms. The van der Waals surface area contributed by atoms with Gasteiger partial charge in [0.2, 0.25) is 0 Å². The number of carbonyl (C=O) groups is 1. The molecule has 1 aromatic carbocycles. The predicted molar refractivity (Wildman–Crippen MR) is 135 cm³/mol. The van der Waals surface area contributed by atoms with E-state index in [1.54, 1.807) is 23.4 Å². The van der Waals surface area contributed by atoms with E-state index in [0.717, 1.165) is 18.6 Å². The highest BCUT2D eigenvalue weighted by atomic mass is 32.2. The zero-order valence-electron chi connectivity index (χ0n) is 20.0. The third-order valence-electron chi connectivity index (χ3n) is 5.48. The van der Waals surface area contributed by atoms with Gasteiger partial charge in [-0.15, -0.1) is 5.10 Å². The Morgan fingerprint density at radius 2 is 1.94 bits per heavy atom. The number of fused-ring (bicyclic) bond motifs is 1. The van der Waals surface area contributed by atoms with Gasteiger partial charge in [0, 0.05) is 18.8 Å². The molecule has 11 nitrogen and oxygen atoms in total. The molecular formula is C23H33N7O4S. The van der Waals surface area contributed by atoms with Crippen molar-refractivity contribution >= 4 is 34.8 Å². The second kappa shape index (κ2) is 13.2. The van der Waals surface area contributed by atoms with Gasteiger partial charge in [-0.2, -0.15) is 0 Å². The van der Waals surface area contributed by atoms with Gasteiger partial charge in [-0.05, 0) is 38.2 Å². The monoisotopic (exact) mass is 503 g/mol. The fourth-order valence-corrected chi connectivity index (χ4v) is 4.44. The first-order valence-electron chi connectivity index (χ1n) is 11.8. The van der Waals surface area contributed by atoms with Crippen LogP contribution < -0.4 is 10.6 Å². The number of aliphatic hydroxyl groups is 2. The number of aliphatic hydroxyl groups excluding tert-OH is 2. The Morgan fingerprint density at radius 1 is 1.17 bits per heavy atom. The van der Waals surface area contributed by atoms with Crippen LogP contribution in [0.3, 0.4) is 0 Å². The number of thioether (sulfide) groups is 1. The number of aromatic nitrogens is 5. The molecule has 12 heteroatoms. The van der Waals surface area contributed by atoms with Crippen LogP contribution in [0.5, 0.6) is 0 Å². The van der Waals surface area contributed by atoms with Gasteiger partial charge in [-0.1, -0.05) is 54.2 Å². The summed E-state index contributed by atoms with van der Waals surface area (Å²) in [4.78, 5) is 18.8. The second-order valence-corrected chi connectivity index (χ2v) is 9.17. The van der Waals surface area contributed by atoms with Crippen molar-refractivity contribution < 1.29 is 20.1 Å². The first-order valence-corrected chi connectivity index (χ1v) is 12.8. The molecule has 1 amide bonds. The molecule has 1 aliphatic rings. The number of hydrogen-bond donors (Lipinski definition) is 5. The number of benzene rings is 1. The van der Waals surface area contributed by atoms with Crippen LogP contribution in [0.1, 0.15) is 44.7 Å². The molecule has 0 saturated heterocycles. The zero-order chi connectivity index (χ0) is 25.2. The van der Waals surface area contributed by atoms with Crippen molar-refractivity contribution in [3.8, 4) is 0 Å². The number of rotatable bonds is 9. The summed E-state index contributed by atoms with van der Waals surface area (Å²) in [6.07, 6.45) is 0.503. The Labute approximate surface area is 208 Å². The maximum atomic E-state index is 10.3. The number of anilines is 1. The fraction of sp³-hybridized carbons (Fsp3) is 0.522. The van der Waals surface area contributed by atoms with Crippen molar-refractivity contribution in [2.75, 3.05) is 24.2 Å². The molecule has 0 aliphatic heterocycles. The van der Waals surface area contributed by atoms with E-state index >= 15 is 0 Å². The predicted octanol–water partition coefficient (Wildman–Crippen LogP) is 2.71. The molecule has 0 unspecified atom stereocenters. The lowest BCUT2D eigenvalue weighted by atomic mass is 10.1. The summed E-state index contributed by atoms with van der Waals surface area (Å²) < 4.78 is 1.65. The normalized spacial score (nSPS) is 19.3. The molecule has 2 heterocycles. The highest BCUT2D eigenvalue weighted by Gasteiger charge is 2.37. The Hall–Kier alpha value is -2.96. The number of hydrogen-bond acceptors (Lipinski definition) is 9. The van der Waals surface area contributed by atoms with Gasteiger partial charge in [0.25, 0.3) is 0 Å². The molecule has 5 N–H and O–H groups in total. The average molecular weight is 504 g/mol. The lowest BCUT2D eigenvalue weighted by molar-refractivity contribution is 0.0215. The van der Waals surface area contributed by atoms with Gasteiger partial charge < -0.3 is 26.0 Å². The summed E-state index contributed by atoms with van der Waals surface area (Å²) in [6.45, 7) is 5.04. The van der Waals surface area contributed by atoms with Gasteiger partial charge >= 0.3 is 6.09 Å². The van der Waals surface area contributed by atoms with Crippen LogP contribution in [0.15, 0.2) is 35.5 Å². The molecule has 3 atom stereocenters. The summed E-state index contributed by atoms with van der Waals surface area (Å²) in [6, 6.07) is 9.95. The van der Waals surface area contributed by atoms with Crippen LogP contribution in [0.2, 0.25) is 0 Å². The van der Waals surface area contributed by atoms with Gasteiger partial charge in [0.05, 0.1) is 12.1 Å². The van der Waals surface area contributed by atoms with Crippen molar-refractivity contribution in [1.82, 2.24) is 30.3 Å². The average Bonchev–Trinajstić information content (AvgIpc) is 3.41. The van der Waals surface area contributed by atoms with Gasteiger partial charge in [-0.3, -0.25) is 0 Å². The van der Waals surface area contributed by atoms with Crippen molar-refractivity contribution in [2.45, 2.75) is 62.9 Å². The second-order valence-electron chi connectivity index (χ2n) is 8.11. The van der Waals surface area contributed by atoms with Crippen LogP contribution in [-0.4, -0.2) is 77.4 Å². The van der Waals surface area contributed by atoms with Gasteiger partial charge in [0.15, 0.2) is 22.1 Å². The highest BCUT2D eigenvalue weighted by Crippen LogP contribution is 2.33. The highest BCUT2D eigenvalue weighted by molar-refractivity contribution is 7.99. The van der Waals surface area contributed by atoms with E-state index in [9.17, 15) is 15.0 Å². The molecule has 2 aromatic heterocycles. The quantitative estimate of drug-likeness (QED) is 0.217. The van der Waals surface area contributed by atoms with E-state index in [4.69, 9.17) is 5.11 Å². The van der Waals surface area contributed by atoms with E-state index in [1.807, 2.05) is 18.2 Å². The third kappa shape index (κ3) is 7.26. The smallest absolute Gasteiger partial charge is 0.404 e. The Kier molecular flexibility index (Phi) is 10.1. The van der Waals surface area contributed by atoms with E-state index in [1.165, 1.54) is 5.56 Å². The first-order chi connectivity index (χ1) is 16.9. The van der Waals surface area contributed by atoms with Crippen molar-refractivity contribution in [2.24, 2.45) is 0 Å². The number of nitrogens with zero attached hydrogens (tertiary/aromatic N) is 5. The standard InChI is InChI=1S/C20H26N6O2S.C3H7NO2/c1-2-12-29-20-22-18(21-11-10-13-6-4-3-5-7-13)16-19(23-20)26(25-24-16)14-8-9-15(27)17(14)28;1-2-4-3(5)6/h3-7,14-15,17,27-28H,2,8-12H2,1H3,(H,21,22,23);4H,2H2,1H3,(H,5,6)/t14-,15-,17+;/m1./s1. The van der Waals surface area contributed by atoms with E-state index in [2.05, 4.69) is 50.0 Å². The molecule has 3 aromatic rings. The van der Waals surface area contributed by atoms with Crippen molar-refractivity contribution in [3.05, 3.63) is 35.9 Å². The summed E-state index contributed by atoms with van der Waals surface area (Å²) >= 11 is 1.59. The van der Waals surface area contributed by atoms with Crippen LogP contribution in [0, 0.1) is 0 Å². The molecule has 0 radical (unpaired) electrons. The lowest BCUT2D eigenvalue weighted by Crippen LogP contribution is -2.28. The van der Waals surface area contributed by atoms with Gasteiger partial charge in [0.1, 0.15) is 6.10 Å². The molecule has 1 fully saturated rings. The SMILES string of the molecule is CCCSc1nc(NCCc2ccccc2)c2nnn([C@@H]3CC[C@@H](O)[C@H]3O)c2n1.CCNC(=O)O. The topological polar surface area (TPSA) is 158 Å². The summed E-state index contributed by atoms with van der Waals surface area (Å²) in [5.41, 5.74) is 2.43. The molecule has 1 aliphatic carbocycles. The van der Waals surface area contributed by atoms with Crippen LogP contribution in [0.25, 0.3) is 11.2 Å². The fourth-order valence-electron chi connectivity index (χ4n) is 3.74. The Balaban J connectivity index is 0.000000509. The molecule has 35 heavy (non-hydrogen) atoms. The minimum absolute atomic E-state index is 0.328. The number of carboxylic acid groups (broad SMARTS) is 1. The van der Waals surface area contributed by atoms with Crippen LogP contribution in [-0.2, 0) is 6.42 Å². The van der Waals surface area contributed by atoms with Crippen LogP contribution >= 0.6 is 11.8 Å². The Bertz CT molecular complexity index is 1080. The van der Waals surface area contributed by atoms with E-state index in [0.29, 0.717) is 48.1 Å². The minimum atomic E-state index is -0.961. The number of amides is 1. The zero-order valence-corrected chi connectivity index (χ0v) is 20.8.